The second kappa shape index (κ2) is 7.28. The second-order valence-corrected chi connectivity index (χ2v) is 6.55. The number of nitrogens with one attached hydrogen (secondary N) is 1. The minimum absolute atomic E-state index is 0.0409. The van der Waals surface area contributed by atoms with Gasteiger partial charge in [0.25, 0.3) is 5.69 Å². The average Bonchev–Trinajstić information content (AvgIpc) is 2.54. The maximum Gasteiger partial charge on any atom is 0.273 e. The average molecular weight is 365 g/mol. The van der Waals surface area contributed by atoms with Crippen LogP contribution >= 0.6 is 0 Å². The van der Waals surface area contributed by atoms with Gasteiger partial charge in [-0.05, 0) is 18.2 Å². The van der Waals surface area contributed by atoms with Gasteiger partial charge >= 0.3 is 0 Å². The third kappa shape index (κ3) is 4.52. The summed E-state index contributed by atoms with van der Waals surface area (Å²) in [6, 6.07) is 9.80. The van der Waals surface area contributed by atoms with E-state index in [0.29, 0.717) is 0 Å². The lowest BCUT2D eigenvalue weighted by Gasteiger charge is -2.10. The lowest BCUT2D eigenvalue weighted by Crippen LogP contribution is -2.17. The molecule has 0 aliphatic rings. The van der Waals surface area contributed by atoms with Gasteiger partial charge < -0.3 is 10.1 Å². The van der Waals surface area contributed by atoms with Crippen molar-refractivity contribution in [1.82, 2.24) is 0 Å². The number of anilines is 1. The predicted molar refractivity (Wildman–Crippen MR) is 89.8 cm³/mol. The summed E-state index contributed by atoms with van der Waals surface area (Å²) in [4.78, 5) is 22.2. The number of nitro groups is 1. The number of carbonyl (C=O) groups excluding carboxylic acids is 1. The van der Waals surface area contributed by atoms with Gasteiger partial charge in [0, 0.05) is 17.3 Å². The van der Waals surface area contributed by atoms with Gasteiger partial charge in [0.05, 0.1) is 18.5 Å². The molecule has 0 aliphatic heterocycles. The molecule has 0 aliphatic carbocycles. The van der Waals surface area contributed by atoms with Gasteiger partial charge in [0.1, 0.15) is 10.6 Å². The number of benzene rings is 2. The van der Waals surface area contributed by atoms with E-state index < -0.39 is 20.9 Å². The van der Waals surface area contributed by atoms with E-state index in [0.717, 1.165) is 6.07 Å². The standard InChI is InChI=1S/C15H15N3O6S/c1-24-13-7-6-11(9-14(13)25(16,22)23)17-15(19)8-10-4-2-3-5-12(10)18(20)21/h2-7,9H,8H2,1H3,(H,17,19)(H2,16,22,23). The summed E-state index contributed by atoms with van der Waals surface area (Å²) < 4.78 is 28.1. The maximum absolute atomic E-state index is 12.1. The zero-order chi connectivity index (χ0) is 18.6. The molecular formula is C15H15N3O6S. The number of methoxy groups -OCH3 is 1. The van der Waals surface area contributed by atoms with E-state index >= 15 is 0 Å². The Bertz CT molecular complexity index is 927. The van der Waals surface area contributed by atoms with Crippen LogP contribution < -0.4 is 15.2 Å². The largest absolute Gasteiger partial charge is 0.495 e. The molecule has 0 unspecified atom stereocenters. The summed E-state index contributed by atoms with van der Waals surface area (Å²) in [6.07, 6.45) is -0.242. The van der Waals surface area contributed by atoms with Crippen molar-refractivity contribution < 1.29 is 22.9 Å². The number of ether oxygens (including phenoxy) is 1. The Kier molecular flexibility index (Phi) is 5.35. The molecule has 3 N–H and O–H groups in total. The number of nitrogens with zero attached hydrogens (tertiary/aromatic N) is 1. The minimum Gasteiger partial charge on any atom is -0.495 e. The first-order valence-electron chi connectivity index (χ1n) is 6.95. The van der Waals surface area contributed by atoms with Crippen LogP contribution in [-0.4, -0.2) is 26.4 Å². The number of rotatable bonds is 6. The molecule has 25 heavy (non-hydrogen) atoms. The highest BCUT2D eigenvalue weighted by molar-refractivity contribution is 7.89. The Morgan fingerprint density at radius 1 is 1.28 bits per heavy atom. The van der Waals surface area contributed by atoms with Gasteiger partial charge in [-0.3, -0.25) is 14.9 Å². The van der Waals surface area contributed by atoms with Crippen LogP contribution in [0.3, 0.4) is 0 Å². The fourth-order valence-electron chi connectivity index (χ4n) is 2.19. The number of hydrogen-bond donors (Lipinski definition) is 2. The van der Waals surface area contributed by atoms with Crippen molar-refractivity contribution in [2.24, 2.45) is 5.14 Å². The first kappa shape index (κ1) is 18.4. The number of para-hydroxylation sites is 1. The number of nitrogens with two attached hydrogens (primary N) is 1. The van der Waals surface area contributed by atoms with Crippen LogP contribution in [0.4, 0.5) is 11.4 Å². The highest BCUT2D eigenvalue weighted by atomic mass is 32.2. The monoisotopic (exact) mass is 365 g/mol. The smallest absolute Gasteiger partial charge is 0.273 e. The van der Waals surface area contributed by atoms with E-state index in [-0.39, 0.29) is 34.0 Å². The fraction of sp³-hybridized carbons (Fsp3) is 0.133. The highest BCUT2D eigenvalue weighted by Gasteiger charge is 2.18. The van der Waals surface area contributed by atoms with Crippen LogP contribution in [0.5, 0.6) is 5.75 Å². The van der Waals surface area contributed by atoms with Crippen molar-refractivity contribution in [3.63, 3.8) is 0 Å². The molecule has 1 amide bonds. The van der Waals surface area contributed by atoms with Crippen LogP contribution in [0, 0.1) is 10.1 Å². The lowest BCUT2D eigenvalue weighted by molar-refractivity contribution is -0.385. The summed E-state index contributed by atoms with van der Waals surface area (Å²) in [5.41, 5.74) is 0.246. The van der Waals surface area contributed by atoms with Crippen LogP contribution in [0.1, 0.15) is 5.56 Å². The topological polar surface area (TPSA) is 142 Å². The number of primary sulfonamides is 1. The number of hydrogen-bond acceptors (Lipinski definition) is 6. The number of nitro benzene ring substituents is 1. The molecule has 0 heterocycles. The number of amides is 1. The maximum atomic E-state index is 12.1. The quantitative estimate of drug-likeness (QED) is 0.586. The van der Waals surface area contributed by atoms with Crippen molar-refractivity contribution in [3.05, 3.63) is 58.1 Å². The number of sulfonamides is 1. The normalized spacial score (nSPS) is 11.0. The summed E-state index contributed by atoms with van der Waals surface area (Å²) in [6.45, 7) is 0. The Labute approximate surface area is 143 Å². The zero-order valence-corrected chi connectivity index (χ0v) is 13.9. The predicted octanol–water partition coefficient (Wildman–Crippen LogP) is 1.43. The van der Waals surface area contributed by atoms with E-state index in [1.54, 1.807) is 6.07 Å². The van der Waals surface area contributed by atoms with Gasteiger partial charge in [-0.1, -0.05) is 18.2 Å². The summed E-state index contributed by atoms with van der Waals surface area (Å²) in [5, 5.41) is 18.6. The zero-order valence-electron chi connectivity index (χ0n) is 13.1. The van der Waals surface area contributed by atoms with Gasteiger partial charge in [0.15, 0.2) is 0 Å². The Balaban J connectivity index is 2.23. The third-order valence-corrected chi connectivity index (χ3v) is 4.23. The molecule has 10 heteroatoms. The molecule has 0 atom stereocenters. The third-order valence-electron chi connectivity index (χ3n) is 3.29. The fourth-order valence-corrected chi connectivity index (χ4v) is 2.92. The molecule has 132 valence electrons. The molecule has 0 saturated heterocycles. The SMILES string of the molecule is COc1ccc(NC(=O)Cc2ccccc2[N+](=O)[O-])cc1S(N)(=O)=O. The molecule has 0 fully saturated rings. The van der Waals surface area contributed by atoms with Crippen molar-refractivity contribution in [2.75, 3.05) is 12.4 Å². The molecule has 0 aromatic heterocycles. The van der Waals surface area contributed by atoms with Crippen molar-refractivity contribution in [3.8, 4) is 5.75 Å². The summed E-state index contributed by atoms with van der Waals surface area (Å²) >= 11 is 0. The van der Waals surface area contributed by atoms with Crippen LogP contribution in [0.15, 0.2) is 47.4 Å². The molecule has 0 radical (unpaired) electrons. The van der Waals surface area contributed by atoms with E-state index in [4.69, 9.17) is 9.88 Å². The highest BCUT2D eigenvalue weighted by Crippen LogP contribution is 2.26. The van der Waals surface area contributed by atoms with E-state index in [9.17, 15) is 23.3 Å². The Morgan fingerprint density at radius 3 is 2.56 bits per heavy atom. The van der Waals surface area contributed by atoms with Crippen LogP contribution in [0.25, 0.3) is 0 Å². The van der Waals surface area contributed by atoms with Crippen molar-refractivity contribution >= 4 is 27.3 Å². The van der Waals surface area contributed by atoms with Crippen LogP contribution in [-0.2, 0) is 21.2 Å². The summed E-state index contributed by atoms with van der Waals surface area (Å²) in [7, 11) is -2.76. The van der Waals surface area contributed by atoms with Crippen molar-refractivity contribution in [2.45, 2.75) is 11.3 Å². The van der Waals surface area contributed by atoms with Gasteiger partial charge in [-0.2, -0.15) is 0 Å². The van der Waals surface area contributed by atoms with E-state index in [1.165, 1.54) is 37.4 Å². The van der Waals surface area contributed by atoms with Crippen LogP contribution in [0.2, 0.25) is 0 Å². The molecular weight excluding hydrogens is 350 g/mol. The first-order chi connectivity index (χ1) is 11.7. The molecule has 0 bridgehead atoms. The minimum atomic E-state index is -4.05. The van der Waals surface area contributed by atoms with E-state index in [2.05, 4.69) is 5.32 Å². The van der Waals surface area contributed by atoms with Gasteiger partial charge in [-0.15, -0.1) is 0 Å². The number of carbonyl (C=O) groups is 1. The molecule has 2 aromatic carbocycles. The molecule has 2 rings (SSSR count). The molecule has 0 spiro atoms. The summed E-state index contributed by atoms with van der Waals surface area (Å²) in [5.74, 6) is -0.501. The first-order valence-corrected chi connectivity index (χ1v) is 8.50. The lowest BCUT2D eigenvalue weighted by atomic mass is 10.1. The molecule has 2 aromatic rings. The second-order valence-electron chi connectivity index (χ2n) is 5.02. The Hall–Kier alpha value is -2.98. The molecule has 0 saturated carbocycles. The van der Waals surface area contributed by atoms with E-state index in [1.807, 2.05) is 0 Å². The van der Waals surface area contributed by atoms with Gasteiger partial charge in [0.2, 0.25) is 15.9 Å². The van der Waals surface area contributed by atoms with Crippen molar-refractivity contribution in [1.29, 1.82) is 0 Å². The van der Waals surface area contributed by atoms with Gasteiger partial charge in [-0.25, -0.2) is 13.6 Å². The molecule has 9 nitrogen and oxygen atoms in total. The Morgan fingerprint density at radius 2 is 1.96 bits per heavy atom.